The highest BCUT2D eigenvalue weighted by Crippen LogP contribution is 2.10. The number of carbonyl (C=O) groups is 1. The average Bonchev–Trinajstić information content (AvgIpc) is 2.36. The summed E-state index contributed by atoms with van der Waals surface area (Å²) in [6.07, 6.45) is 0. The minimum absolute atomic E-state index is 0.0330. The molecule has 1 N–H and O–H groups in total. The molecule has 0 aromatic carbocycles. The smallest absolute Gasteiger partial charge is 0.242 e. The second-order valence-electron chi connectivity index (χ2n) is 3.97. The molecule has 1 amide bonds. The predicted octanol–water partition coefficient (Wildman–Crippen LogP) is 0.709. The third-order valence-electron chi connectivity index (χ3n) is 2.59. The molecule has 7 heteroatoms. The number of hydrogen-bond donors (Lipinski definition) is 1. The van der Waals surface area contributed by atoms with E-state index in [1.807, 2.05) is 0 Å². The first kappa shape index (κ1) is 13.0. The number of nitrogens with one attached hydrogen (secondary N) is 1. The summed E-state index contributed by atoms with van der Waals surface area (Å²) in [5.74, 6) is 1.17. The Morgan fingerprint density at radius 3 is 2.89 bits per heavy atom. The zero-order valence-electron chi connectivity index (χ0n) is 10.1. The van der Waals surface area contributed by atoms with Crippen LogP contribution >= 0.6 is 11.6 Å². The summed E-state index contributed by atoms with van der Waals surface area (Å²) in [6, 6.07) is 1.60. The van der Waals surface area contributed by atoms with Crippen molar-refractivity contribution in [1.82, 2.24) is 14.9 Å². The van der Waals surface area contributed by atoms with Gasteiger partial charge in [0.25, 0.3) is 0 Å². The maximum Gasteiger partial charge on any atom is 0.242 e. The van der Waals surface area contributed by atoms with Gasteiger partial charge in [0.1, 0.15) is 16.8 Å². The summed E-state index contributed by atoms with van der Waals surface area (Å²) < 4.78 is 5.19. The number of amides is 1. The lowest BCUT2D eigenvalue weighted by Crippen LogP contribution is -2.43. The quantitative estimate of drug-likeness (QED) is 0.820. The third kappa shape index (κ3) is 3.54. The molecule has 0 spiro atoms. The van der Waals surface area contributed by atoms with Gasteiger partial charge in [0, 0.05) is 19.2 Å². The van der Waals surface area contributed by atoms with E-state index in [0.29, 0.717) is 43.1 Å². The minimum atomic E-state index is 0.0330. The molecule has 18 heavy (non-hydrogen) atoms. The van der Waals surface area contributed by atoms with Crippen molar-refractivity contribution < 1.29 is 9.53 Å². The number of morpholine rings is 1. The first-order chi connectivity index (χ1) is 8.65. The van der Waals surface area contributed by atoms with Crippen molar-refractivity contribution in [2.45, 2.75) is 6.92 Å². The fourth-order valence-corrected chi connectivity index (χ4v) is 1.94. The molecule has 2 rings (SSSR count). The monoisotopic (exact) mass is 270 g/mol. The summed E-state index contributed by atoms with van der Waals surface area (Å²) in [7, 11) is 0. The molecule has 1 fully saturated rings. The summed E-state index contributed by atoms with van der Waals surface area (Å²) in [5, 5.41) is 3.32. The van der Waals surface area contributed by atoms with E-state index in [9.17, 15) is 4.79 Å². The Balaban J connectivity index is 1.88. The Morgan fingerprint density at radius 2 is 2.22 bits per heavy atom. The highest BCUT2D eigenvalue weighted by molar-refractivity contribution is 6.29. The number of halogens is 1. The van der Waals surface area contributed by atoms with E-state index in [1.54, 1.807) is 17.9 Å². The van der Waals surface area contributed by atoms with E-state index >= 15 is 0 Å². The van der Waals surface area contributed by atoms with Crippen molar-refractivity contribution >= 4 is 23.3 Å². The number of carbonyl (C=O) groups excluding carboxylic acids is 1. The second-order valence-corrected chi connectivity index (χ2v) is 4.36. The van der Waals surface area contributed by atoms with Crippen LogP contribution in [0.15, 0.2) is 6.07 Å². The number of anilines is 1. The van der Waals surface area contributed by atoms with Crippen LogP contribution in [0.5, 0.6) is 0 Å². The number of rotatable bonds is 3. The molecule has 0 aliphatic carbocycles. The number of hydrogen-bond acceptors (Lipinski definition) is 5. The molecular weight excluding hydrogens is 256 g/mol. The van der Waals surface area contributed by atoms with Crippen LogP contribution in [0, 0.1) is 6.92 Å². The van der Waals surface area contributed by atoms with Crippen molar-refractivity contribution in [3.05, 3.63) is 17.0 Å². The maximum atomic E-state index is 11.9. The van der Waals surface area contributed by atoms with E-state index in [0.717, 1.165) is 0 Å². The molecule has 0 atom stereocenters. The van der Waals surface area contributed by atoms with Gasteiger partial charge < -0.3 is 15.0 Å². The molecule has 1 aliphatic heterocycles. The van der Waals surface area contributed by atoms with Crippen molar-refractivity contribution in [1.29, 1.82) is 0 Å². The van der Waals surface area contributed by atoms with Crippen LogP contribution in [0.25, 0.3) is 0 Å². The van der Waals surface area contributed by atoms with E-state index in [2.05, 4.69) is 15.3 Å². The van der Waals surface area contributed by atoms with Crippen LogP contribution in [0.1, 0.15) is 5.82 Å². The summed E-state index contributed by atoms with van der Waals surface area (Å²) in [4.78, 5) is 21.7. The third-order valence-corrected chi connectivity index (χ3v) is 2.78. The minimum Gasteiger partial charge on any atom is -0.378 e. The summed E-state index contributed by atoms with van der Waals surface area (Å²) in [6.45, 7) is 4.44. The van der Waals surface area contributed by atoms with Gasteiger partial charge in [-0.3, -0.25) is 4.79 Å². The second kappa shape index (κ2) is 5.97. The molecule has 1 saturated heterocycles. The van der Waals surface area contributed by atoms with Crippen LogP contribution < -0.4 is 5.32 Å². The van der Waals surface area contributed by atoms with Crippen LogP contribution in [0.3, 0.4) is 0 Å². The highest BCUT2D eigenvalue weighted by atomic mass is 35.5. The largest absolute Gasteiger partial charge is 0.378 e. The van der Waals surface area contributed by atoms with Gasteiger partial charge in [0.15, 0.2) is 0 Å². The summed E-state index contributed by atoms with van der Waals surface area (Å²) >= 11 is 5.81. The molecular formula is C11H15ClN4O2. The topological polar surface area (TPSA) is 67.4 Å². The standard InChI is InChI=1S/C11H15ClN4O2/c1-8-14-9(12)6-10(15-8)13-7-11(17)16-2-4-18-5-3-16/h6H,2-5,7H2,1H3,(H,13,14,15). The Bertz CT molecular complexity index is 415. The predicted molar refractivity (Wildman–Crippen MR) is 67.7 cm³/mol. The normalized spacial score (nSPS) is 15.6. The molecule has 1 aliphatic rings. The van der Waals surface area contributed by atoms with Gasteiger partial charge in [-0.25, -0.2) is 9.97 Å². The molecule has 0 radical (unpaired) electrons. The number of nitrogens with zero attached hydrogens (tertiary/aromatic N) is 3. The van der Waals surface area contributed by atoms with Gasteiger partial charge >= 0.3 is 0 Å². The molecule has 0 bridgehead atoms. The fourth-order valence-electron chi connectivity index (χ4n) is 1.71. The Hall–Kier alpha value is -1.40. The van der Waals surface area contributed by atoms with Crippen molar-refractivity contribution in [2.75, 3.05) is 38.2 Å². The van der Waals surface area contributed by atoms with Gasteiger partial charge in [0.05, 0.1) is 19.8 Å². The SMILES string of the molecule is Cc1nc(Cl)cc(NCC(=O)N2CCOCC2)n1. The van der Waals surface area contributed by atoms with E-state index in [-0.39, 0.29) is 12.5 Å². The first-order valence-corrected chi connectivity index (χ1v) is 6.13. The van der Waals surface area contributed by atoms with Gasteiger partial charge in [-0.1, -0.05) is 11.6 Å². The lowest BCUT2D eigenvalue weighted by molar-refractivity contribution is -0.133. The summed E-state index contributed by atoms with van der Waals surface area (Å²) in [5.41, 5.74) is 0. The van der Waals surface area contributed by atoms with Gasteiger partial charge in [-0.2, -0.15) is 0 Å². The van der Waals surface area contributed by atoms with Crippen LogP contribution in [-0.2, 0) is 9.53 Å². The van der Waals surface area contributed by atoms with Crippen LogP contribution in [-0.4, -0.2) is 53.6 Å². The molecule has 2 heterocycles. The number of aromatic nitrogens is 2. The van der Waals surface area contributed by atoms with Crippen LogP contribution in [0.2, 0.25) is 5.15 Å². The highest BCUT2D eigenvalue weighted by Gasteiger charge is 2.16. The Labute approximate surface area is 110 Å². The molecule has 0 saturated carbocycles. The van der Waals surface area contributed by atoms with Gasteiger partial charge in [-0.05, 0) is 6.92 Å². The molecule has 1 aromatic rings. The zero-order chi connectivity index (χ0) is 13.0. The first-order valence-electron chi connectivity index (χ1n) is 5.76. The molecule has 1 aromatic heterocycles. The van der Waals surface area contributed by atoms with Crippen molar-refractivity contribution in [3.8, 4) is 0 Å². The number of ether oxygens (including phenoxy) is 1. The number of aryl methyl sites for hydroxylation is 1. The lowest BCUT2D eigenvalue weighted by Gasteiger charge is -2.26. The van der Waals surface area contributed by atoms with Crippen LogP contribution in [0.4, 0.5) is 5.82 Å². The van der Waals surface area contributed by atoms with Gasteiger partial charge in [0.2, 0.25) is 5.91 Å². The average molecular weight is 271 g/mol. The van der Waals surface area contributed by atoms with Gasteiger partial charge in [-0.15, -0.1) is 0 Å². The molecule has 6 nitrogen and oxygen atoms in total. The Kier molecular flexibility index (Phi) is 4.33. The Morgan fingerprint density at radius 1 is 1.50 bits per heavy atom. The zero-order valence-corrected chi connectivity index (χ0v) is 10.9. The van der Waals surface area contributed by atoms with E-state index in [4.69, 9.17) is 16.3 Å². The lowest BCUT2D eigenvalue weighted by atomic mass is 10.4. The van der Waals surface area contributed by atoms with E-state index in [1.165, 1.54) is 0 Å². The van der Waals surface area contributed by atoms with E-state index < -0.39 is 0 Å². The molecule has 0 unspecified atom stereocenters. The fraction of sp³-hybridized carbons (Fsp3) is 0.545. The van der Waals surface area contributed by atoms with Crippen molar-refractivity contribution in [2.24, 2.45) is 0 Å². The molecule has 98 valence electrons. The van der Waals surface area contributed by atoms with Crippen molar-refractivity contribution in [3.63, 3.8) is 0 Å². The maximum absolute atomic E-state index is 11.9.